The molecular weight excluding hydrogens is 1030 g/mol. The number of H-pyrrole nitrogens is 1. The number of fused-ring (bicyclic) bond motifs is 16. The van der Waals surface area contributed by atoms with Gasteiger partial charge in [-0.2, -0.15) is 0 Å². The molecule has 12 aromatic carbocycles. The molecule has 0 spiro atoms. The summed E-state index contributed by atoms with van der Waals surface area (Å²) in [6, 6.07) is 92.2. The van der Waals surface area contributed by atoms with Gasteiger partial charge in [0.05, 0.1) is 39.5 Å². The molecule has 17 rings (SSSR count). The first-order chi connectivity index (χ1) is 39.6. The molecule has 0 atom stereocenters. The van der Waals surface area contributed by atoms with Crippen molar-refractivity contribution in [3.05, 3.63) is 271 Å². The van der Waals surface area contributed by atoms with Gasteiger partial charge in [-0.1, -0.05) is 164 Å². The third-order valence-electron chi connectivity index (χ3n) is 16.7. The van der Waals surface area contributed by atoms with Crippen LogP contribution in [0.1, 0.15) is 22.8 Å². The Morgan fingerprint density at radius 1 is 0.284 bits per heavy atom. The van der Waals surface area contributed by atoms with Crippen molar-refractivity contribution in [3.8, 4) is 39.1 Å². The third-order valence-corrected chi connectivity index (χ3v) is 16.7. The minimum absolute atomic E-state index is 0. The molecule has 3 aromatic heterocycles. The molecule has 0 aliphatic carbocycles. The van der Waals surface area contributed by atoms with E-state index in [0.29, 0.717) is 0 Å². The van der Waals surface area contributed by atoms with Crippen LogP contribution in [-0.2, 0) is 17.1 Å². The maximum atomic E-state index is 5.75. The molecule has 81 heavy (non-hydrogen) atoms. The Hall–Kier alpha value is -10.2. The molecule has 15 aromatic rings. The topological polar surface area (TPSA) is 46.5 Å². The maximum Gasteiger partial charge on any atom is 0.0737 e. The molecule has 0 fully saturated rings. The molecule has 5 heteroatoms. The average molecular weight is 1080 g/mol. The number of aromatic amines is 1. The minimum Gasteiger partial charge on any atom is -0.355 e. The summed E-state index contributed by atoms with van der Waals surface area (Å²) in [5.74, 6) is 0. The molecular formula is C76H46CuN4. The Balaban J connectivity index is 0.00000542. The van der Waals surface area contributed by atoms with Gasteiger partial charge < -0.3 is 9.55 Å². The molecule has 4 nitrogen and oxygen atoms in total. The molecule has 0 saturated carbocycles. The van der Waals surface area contributed by atoms with Crippen molar-refractivity contribution in [2.24, 2.45) is 0 Å². The molecule has 381 valence electrons. The minimum atomic E-state index is 0. The van der Waals surface area contributed by atoms with Crippen LogP contribution in [0.3, 0.4) is 0 Å². The molecule has 0 saturated heterocycles. The molecule has 1 N–H and O–H groups in total. The zero-order chi connectivity index (χ0) is 52.4. The summed E-state index contributed by atoms with van der Waals surface area (Å²) in [4.78, 5) is 14.8. The summed E-state index contributed by atoms with van der Waals surface area (Å²) >= 11 is 0. The zero-order valence-corrected chi connectivity index (χ0v) is 44.6. The van der Waals surface area contributed by atoms with E-state index < -0.39 is 0 Å². The smallest absolute Gasteiger partial charge is 0.0737 e. The van der Waals surface area contributed by atoms with Gasteiger partial charge in [0.15, 0.2) is 0 Å². The van der Waals surface area contributed by atoms with Gasteiger partial charge in [0, 0.05) is 50.2 Å². The van der Waals surface area contributed by atoms with Crippen LogP contribution in [0, 0.1) is 0 Å². The number of benzene rings is 12. The number of nitrogens with one attached hydrogen (secondary N) is 1. The number of hydrogen-bond donors (Lipinski definition) is 1. The van der Waals surface area contributed by atoms with Crippen molar-refractivity contribution in [2.75, 3.05) is 0 Å². The Bertz CT molecular complexity index is 5450. The fourth-order valence-corrected chi connectivity index (χ4v) is 13.0. The fourth-order valence-electron chi connectivity index (χ4n) is 13.0. The summed E-state index contributed by atoms with van der Waals surface area (Å²) in [6.07, 6.45) is 8.72. The second kappa shape index (κ2) is 18.5. The Labute approximate surface area is 476 Å². The van der Waals surface area contributed by atoms with Gasteiger partial charge in [-0.25, -0.2) is 9.97 Å². The molecule has 2 aliphatic rings. The second-order valence-electron chi connectivity index (χ2n) is 21.4. The normalized spacial score (nSPS) is 12.2. The quantitative estimate of drug-likeness (QED) is 0.141. The van der Waals surface area contributed by atoms with Gasteiger partial charge in [0.25, 0.3) is 0 Å². The predicted octanol–water partition coefficient (Wildman–Crippen LogP) is 20.3. The van der Waals surface area contributed by atoms with E-state index in [9.17, 15) is 0 Å². The van der Waals surface area contributed by atoms with Crippen LogP contribution in [0.5, 0.6) is 0 Å². The van der Waals surface area contributed by atoms with Crippen molar-refractivity contribution in [1.82, 2.24) is 19.5 Å². The van der Waals surface area contributed by atoms with Gasteiger partial charge in [-0.3, -0.25) is 0 Å². The molecule has 0 unspecified atom stereocenters. The molecule has 2 aliphatic heterocycles. The van der Waals surface area contributed by atoms with Gasteiger partial charge in [-0.05, 0) is 207 Å². The first-order valence-corrected chi connectivity index (χ1v) is 27.4. The monoisotopic (exact) mass is 1080 g/mol. The van der Waals surface area contributed by atoms with Crippen molar-refractivity contribution in [3.63, 3.8) is 0 Å². The molecule has 0 amide bonds. The third kappa shape index (κ3) is 7.66. The van der Waals surface area contributed by atoms with Crippen molar-refractivity contribution in [1.29, 1.82) is 0 Å². The summed E-state index contributed by atoms with van der Waals surface area (Å²) in [5.41, 5.74) is 15.0. The first kappa shape index (κ1) is 46.9. The van der Waals surface area contributed by atoms with E-state index in [2.05, 4.69) is 283 Å². The van der Waals surface area contributed by atoms with E-state index in [-0.39, 0.29) is 17.1 Å². The second-order valence-corrected chi connectivity index (χ2v) is 21.4. The van der Waals surface area contributed by atoms with Crippen molar-refractivity contribution >= 4 is 133 Å². The standard InChI is InChI=1S/C76H46N4.Cu/c1-5-17-50-39-66-54(35-46(50)13-1)21-9-25-63(66)73-70-34-33-61(79-70)44-60-30-29-58(77-60)43-59-31-32-62(78-59)45-72-74(64-26-10-22-55-36-47-14-2-6-18-51(47)40-67(55)64)75(65-27-11-23-56-37-48-15-3-7-19-52(48)41-68(56)65)76(73)80(72)71-28-12-24-57-38-49-16-4-8-20-53(49)42-69(57)71;/h1-45,77H;. The Morgan fingerprint density at radius 3 is 1.15 bits per heavy atom. The van der Waals surface area contributed by atoms with E-state index in [1.807, 2.05) is 0 Å². The largest absolute Gasteiger partial charge is 0.355 e. The fraction of sp³-hybridized carbons (Fsp3) is 0. The predicted molar refractivity (Wildman–Crippen MR) is 340 cm³/mol. The van der Waals surface area contributed by atoms with Gasteiger partial charge in [0.2, 0.25) is 0 Å². The number of nitrogens with zero attached hydrogens (tertiary/aromatic N) is 3. The van der Waals surface area contributed by atoms with Crippen LogP contribution in [0.15, 0.2) is 249 Å². The van der Waals surface area contributed by atoms with E-state index in [4.69, 9.17) is 9.97 Å². The number of rotatable bonds is 4. The summed E-state index contributed by atoms with van der Waals surface area (Å²) in [5, 5.41) is 18.8. The molecule has 8 bridgehead atoms. The molecule has 1 radical (unpaired) electrons. The van der Waals surface area contributed by atoms with E-state index in [0.717, 1.165) is 111 Å². The van der Waals surface area contributed by atoms with Crippen LogP contribution in [0.25, 0.3) is 172 Å². The first-order valence-electron chi connectivity index (χ1n) is 27.4. The number of hydrogen-bond acceptors (Lipinski definition) is 2. The summed E-state index contributed by atoms with van der Waals surface area (Å²) < 4.78 is 2.59. The van der Waals surface area contributed by atoms with E-state index in [1.54, 1.807) is 0 Å². The van der Waals surface area contributed by atoms with Gasteiger partial charge >= 0.3 is 0 Å². The Morgan fingerprint density at radius 2 is 0.654 bits per heavy atom. The van der Waals surface area contributed by atoms with Crippen LogP contribution in [-0.4, -0.2) is 19.5 Å². The maximum absolute atomic E-state index is 5.75. The number of aromatic nitrogens is 4. The van der Waals surface area contributed by atoms with Gasteiger partial charge in [0.1, 0.15) is 0 Å². The summed E-state index contributed by atoms with van der Waals surface area (Å²) in [7, 11) is 0. The van der Waals surface area contributed by atoms with Gasteiger partial charge in [-0.15, -0.1) is 0 Å². The van der Waals surface area contributed by atoms with Crippen molar-refractivity contribution in [2.45, 2.75) is 0 Å². The zero-order valence-electron chi connectivity index (χ0n) is 43.6. The van der Waals surface area contributed by atoms with Crippen LogP contribution in [0.2, 0.25) is 0 Å². The van der Waals surface area contributed by atoms with Crippen LogP contribution in [0.4, 0.5) is 0 Å². The average Bonchev–Trinajstić information content (AvgIpc) is 4.51. The molecule has 5 heterocycles. The SMILES string of the molecule is C1=Cc2cc3c(-c4cccc5cc6ccccc6cc45)c(-c4cccc5cc6ccccc6cc45)c(c(-c4cccc5cc6ccccc6cc45)c4nc(cc5ccc(cc1n2)[nH]5)C=C4)n3-c1cccc2cc3ccccc3cc12.[Cu]. The van der Waals surface area contributed by atoms with Crippen LogP contribution < -0.4 is 0 Å². The van der Waals surface area contributed by atoms with E-state index >= 15 is 0 Å². The summed E-state index contributed by atoms with van der Waals surface area (Å²) in [6.45, 7) is 0. The Kier molecular flexibility index (Phi) is 10.7. The van der Waals surface area contributed by atoms with Crippen LogP contribution >= 0.6 is 0 Å². The van der Waals surface area contributed by atoms with E-state index in [1.165, 1.54) is 59.2 Å². The van der Waals surface area contributed by atoms with Crippen molar-refractivity contribution < 1.29 is 17.1 Å².